The van der Waals surface area contributed by atoms with Crippen LogP contribution in [0.2, 0.25) is 0 Å². The Morgan fingerprint density at radius 2 is 2.00 bits per heavy atom. The number of hydrogen-bond acceptors (Lipinski definition) is 4. The van der Waals surface area contributed by atoms with Crippen molar-refractivity contribution in [1.29, 1.82) is 0 Å². The largest absolute Gasteiger partial charge is 0.339 e. The molecule has 0 aliphatic carbocycles. The highest BCUT2D eigenvalue weighted by Crippen LogP contribution is 2.21. The van der Waals surface area contributed by atoms with Crippen LogP contribution in [-0.4, -0.2) is 22.6 Å². The van der Waals surface area contributed by atoms with Gasteiger partial charge in [-0.05, 0) is 33.3 Å². The first-order valence-corrected chi connectivity index (χ1v) is 5.69. The van der Waals surface area contributed by atoms with Gasteiger partial charge < -0.3 is 10.6 Å². The molecule has 0 bridgehead atoms. The van der Waals surface area contributed by atoms with Crippen LogP contribution in [0.1, 0.15) is 38.6 Å². The molecule has 1 rings (SSSR count). The lowest BCUT2D eigenvalue weighted by Gasteiger charge is -2.35. The molecule has 2 N–H and O–H groups in total. The first-order valence-electron chi connectivity index (χ1n) is 5.69. The Balaban J connectivity index is 3.08. The summed E-state index contributed by atoms with van der Waals surface area (Å²) in [5.74, 6) is 0.757. The Hall–Kier alpha value is -1.16. The molecule has 1 aromatic rings. The average molecular weight is 222 g/mol. The summed E-state index contributed by atoms with van der Waals surface area (Å²) in [6.07, 6.45) is 1.04. The van der Waals surface area contributed by atoms with Gasteiger partial charge in [-0.15, -0.1) is 0 Å². The SMILES string of the molecule is CCC(C)(C)N(C)c1nc(C)cc(CN)n1. The van der Waals surface area contributed by atoms with Crippen LogP contribution in [0.15, 0.2) is 6.07 Å². The summed E-state index contributed by atoms with van der Waals surface area (Å²) in [5.41, 5.74) is 7.53. The van der Waals surface area contributed by atoms with E-state index in [9.17, 15) is 0 Å². The number of rotatable bonds is 4. The summed E-state index contributed by atoms with van der Waals surface area (Å²) in [6.45, 7) is 8.95. The molecule has 0 saturated heterocycles. The lowest BCUT2D eigenvalue weighted by atomic mass is 10.0. The third-order valence-corrected chi connectivity index (χ3v) is 3.18. The lowest BCUT2D eigenvalue weighted by Crippen LogP contribution is -2.41. The third kappa shape index (κ3) is 2.70. The van der Waals surface area contributed by atoms with E-state index in [0.717, 1.165) is 23.8 Å². The molecule has 1 heterocycles. The average Bonchev–Trinajstić information content (AvgIpc) is 2.27. The molecule has 0 aliphatic rings. The molecule has 0 unspecified atom stereocenters. The Labute approximate surface area is 97.9 Å². The molecule has 90 valence electrons. The summed E-state index contributed by atoms with van der Waals surface area (Å²) < 4.78 is 0. The van der Waals surface area contributed by atoms with Crippen molar-refractivity contribution >= 4 is 5.95 Å². The fraction of sp³-hybridized carbons (Fsp3) is 0.667. The van der Waals surface area contributed by atoms with Gasteiger partial charge in [-0.3, -0.25) is 0 Å². The van der Waals surface area contributed by atoms with Crippen molar-refractivity contribution in [3.05, 3.63) is 17.5 Å². The predicted molar refractivity (Wildman–Crippen MR) is 67.4 cm³/mol. The van der Waals surface area contributed by atoms with Crippen molar-refractivity contribution in [2.24, 2.45) is 5.73 Å². The van der Waals surface area contributed by atoms with Crippen molar-refractivity contribution < 1.29 is 0 Å². The van der Waals surface area contributed by atoms with E-state index in [1.165, 1.54) is 0 Å². The van der Waals surface area contributed by atoms with Gasteiger partial charge in [0.2, 0.25) is 5.95 Å². The molecule has 4 nitrogen and oxygen atoms in total. The minimum Gasteiger partial charge on any atom is -0.339 e. The summed E-state index contributed by atoms with van der Waals surface area (Å²) in [6, 6.07) is 1.93. The van der Waals surface area contributed by atoms with Crippen LogP contribution in [-0.2, 0) is 6.54 Å². The number of nitrogens with zero attached hydrogens (tertiary/aromatic N) is 3. The van der Waals surface area contributed by atoms with Crippen LogP contribution in [0.4, 0.5) is 5.95 Å². The number of anilines is 1. The standard InChI is InChI=1S/C12H22N4/c1-6-12(3,4)16(5)11-14-9(2)7-10(8-13)15-11/h7H,6,8,13H2,1-5H3. The van der Waals surface area contributed by atoms with E-state index in [0.29, 0.717) is 6.54 Å². The summed E-state index contributed by atoms with van der Waals surface area (Å²) in [5, 5.41) is 0. The van der Waals surface area contributed by atoms with Crippen molar-refractivity contribution in [1.82, 2.24) is 9.97 Å². The van der Waals surface area contributed by atoms with Crippen LogP contribution in [0.3, 0.4) is 0 Å². The van der Waals surface area contributed by atoms with Gasteiger partial charge in [0.25, 0.3) is 0 Å². The molecule has 0 fully saturated rings. The van der Waals surface area contributed by atoms with E-state index < -0.39 is 0 Å². The normalized spacial score (nSPS) is 11.6. The lowest BCUT2D eigenvalue weighted by molar-refractivity contribution is 0.462. The highest BCUT2D eigenvalue weighted by molar-refractivity contribution is 5.34. The minimum absolute atomic E-state index is 0.0552. The van der Waals surface area contributed by atoms with Crippen LogP contribution in [0.25, 0.3) is 0 Å². The molecule has 4 heteroatoms. The van der Waals surface area contributed by atoms with Crippen LogP contribution >= 0.6 is 0 Å². The van der Waals surface area contributed by atoms with Crippen LogP contribution in [0.5, 0.6) is 0 Å². The molecular formula is C12H22N4. The second kappa shape index (κ2) is 4.78. The van der Waals surface area contributed by atoms with Crippen molar-refractivity contribution in [2.45, 2.75) is 46.2 Å². The highest BCUT2D eigenvalue weighted by atomic mass is 15.3. The zero-order valence-corrected chi connectivity index (χ0v) is 10.9. The van der Waals surface area contributed by atoms with Gasteiger partial charge in [0, 0.05) is 24.8 Å². The van der Waals surface area contributed by atoms with Crippen molar-refractivity contribution in [3.63, 3.8) is 0 Å². The van der Waals surface area contributed by atoms with Crippen molar-refractivity contribution in [3.8, 4) is 0 Å². The minimum atomic E-state index is 0.0552. The molecule has 0 amide bonds. The summed E-state index contributed by atoms with van der Waals surface area (Å²) in [7, 11) is 2.03. The molecule has 1 aromatic heterocycles. The van der Waals surface area contributed by atoms with E-state index >= 15 is 0 Å². The van der Waals surface area contributed by atoms with Crippen LogP contribution in [0, 0.1) is 6.92 Å². The number of nitrogens with two attached hydrogens (primary N) is 1. The monoisotopic (exact) mass is 222 g/mol. The molecule has 0 aliphatic heterocycles. The Morgan fingerprint density at radius 1 is 1.38 bits per heavy atom. The molecule has 0 radical (unpaired) electrons. The van der Waals surface area contributed by atoms with Gasteiger partial charge in [0.15, 0.2) is 0 Å². The zero-order valence-electron chi connectivity index (χ0n) is 10.9. The molecule has 0 atom stereocenters. The first kappa shape index (κ1) is 12.9. The van der Waals surface area contributed by atoms with Gasteiger partial charge in [0.1, 0.15) is 0 Å². The maximum Gasteiger partial charge on any atom is 0.226 e. The molecule has 0 aromatic carbocycles. The highest BCUT2D eigenvalue weighted by Gasteiger charge is 2.23. The van der Waals surface area contributed by atoms with E-state index in [2.05, 4.69) is 35.6 Å². The maximum absolute atomic E-state index is 5.62. The van der Waals surface area contributed by atoms with E-state index in [-0.39, 0.29) is 5.54 Å². The van der Waals surface area contributed by atoms with Gasteiger partial charge in [0.05, 0.1) is 5.69 Å². The Kier molecular flexibility index (Phi) is 3.86. The summed E-state index contributed by atoms with van der Waals surface area (Å²) in [4.78, 5) is 11.0. The van der Waals surface area contributed by atoms with E-state index in [1.807, 2.05) is 20.0 Å². The van der Waals surface area contributed by atoms with E-state index in [1.54, 1.807) is 0 Å². The zero-order chi connectivity index (χ0) is 12.3. The predicted octanol–water partition coefficient (Wildman–Crippen LogP) is 1.87. The Morgan fingerprint density at radius 3 is 2.50 bits per heavy atom. The topological polar surface area (TPSA) is 55.0 Å². The Bertz CT molecular complexity index is 360. The van der Waals surface area contributed by atoms with E-state index in [4.69, 9.17) is 5.73 Å². The summed E-state index contributed by atoms with van der Waals surface area (Å²) >= 11 is 0. The van der Waals surface area contributed by atoms with Gasteiger partial charge >= 0.3 is 0 Å². The number of aryl methyl sites for hydroxylation is 1. The second-order valence-electron chi connectivity index (χ2n) is 4.73. The molecular weight excluding hydrogens is 200 g/mol. The van der Waals surface area contributed by atoms with Crippen LogP contribution < -0.4 is 10.6 Å². The van der Waals surface area contributed by atoms with Crippen molar-refractivity contribution in [2.75, 3.05) is 11.9 Å². The third-order valence-electron chi connectivity index (χ3n) is 3.18. The maximum atomic E-state index is 5.62. The fourth-order valence-corrected chi connectivity index (χ4v) is 1.38. The first-order chi connectivity index (χ1) is 7.40. The fourth-order valence-electron chi connectivity index (χ4n) is 1.38. The van der Waals surface area contributed by atoms with Gasteiger partial charge in [-0.1, -0.05) is 6.92 Å². The molecule has 0 spiro atoms. The number of aromatic nitrogens is 2. The van der Waals surface area contributed by atoms with Gasteiger partial charge in [-0.25, -0.2) is 9.97 Å². The second-order valence-corrected chi connectivity index (χ2v) is 4.73. The molecule has 0 saturated carbocycles. The smallest absolute Gasteiger partial charge is 0.226 e. The van der Waals surface area contributed by atoms with Gasteiger partial charge in [-0.2, -0.15) is 0 Å². The quantitative estimate of drug-likeness (QED) is 0.845. The molecule has 16 heavy (non-hydrogen) atoms. The number of hydrogen-bond donors (Lipinski definition) is 1.